The minimum Gasteiger partial charge on any atom is -0.291 e. The standard InChI is InChI=1S/C20H23N3/c1-23(2)17-22-16-20(15-21,13-18-9-5-3-6-10-18)14-19-11-7-4-8-12-19/h3-12,16H,13-14,17H2,1-2H3/b22-16+. The van der Waals surface area contributed by atoms with E-state index >= 15 is 0 Å². The van der Waals surface area contributed by atoms with Gasteiger partial charge in [-0.25, -0.2) is 0 Å². The highest BCUT2D eigenvalue weighted by Crippen LogP contribution is 2.26. The van der Waals surface area contributed by atoms with Gasteiger partial charge in [-0.15, -0.1) is 0 Å². The second-order valence-electron chi connectivity index (χ2n) is 6.13. The summed E-state index contributed by atoms with van der Waals surface area (Å²) in [5.41, 5.74) is 1.68. The van der Waals surface area contributed by atoms with Crippen molar-refractivity contribution < 1.29 is 0 Å². The summed E-state index contributed by atoms with van der Waals surface area (Å²) in [7, 11) is 3.94. The van der Waals surface area contributed by atoms with Crippen LogP contribution < -0.4 is 0 Å². The number of aliphatic imine (C=N–C) groups is 1. The fraction of sp³-hybridized carbons (Fsp3) is 0.300. The summed E-state index contributed by atoms with van der Waals surface area (Å²) in [6.45, 7) is 0.590. The molecule has 0 aliphatic rings. The first-order valence-electron chi connectivity index (χ1n) is 7.78. The van der Waals surface area contributed by atoms with Gasteiger partial charge in [-0.3, -0.25) is 9.89 Å². The average molecular weight is 305 g/mol. The van der Waals surface area contributed by atoms with Gasteiger partial charge in [-0.2, -0.15) is 5.26 Å². The van der Waals surface area contributed by atoms with Crippen LogP contribution in [0.4, 0.5) is 0 Å². The summed E-state index contributed by atoms with van der Waals surface area (Å²) in [4.78, 5) is 6.47. The first kappa shape index (κ1) is 16.9. The van der Waals surface area contributed by atoms with E-state index in [0.717, 1.165) is 11.1 Å². The zero-order chi connectivity index (χ0) is 16.5. The third kappa shape index (κ3) is 5.36. The maximum Gasteiger partial charge on any atom is 0.1000 e. The molecule has 0 amide bonds. The molecule has 2 aromatic carbocycles. The van der Waals surface area contributed by atoms with Crippen LogP contribution in [0.15, 0.2) is 65.7 Å². The highest BCUT2D eigenvalue weighted by molar-refractivity contribution is 5.71. The minimum absolute atomic E-state index is 0.590. The van der Waals surface area contributed by atoms with Crippen molar-refractivity contribution in [1.82, 2.24) is 4.90 Å². The Labute approximate surface area is 138 Å². The van der Waals surface area contributed by atoms with Crippen molar-refractivity contribution in [1.29, 1.82) is 5.26 Å². The van der Waals surface area contributed by atoms with Crippen LogP contribution in [0, 0.1) is 16.7 Å². The largest absolute Gasteiger partial charge is 0.291 e. The molecule has 0 radical (unpaired) electrons. The third-order valence-electron chi connectivity index (χ3n) is 3.65. The molecule has 0 unspecified atom stereocenters. The van der Waals surface area contributed by atoms with E-state index < -0.39 is 5.41 Å². The first-order chi connectivity index (χ1) is 11.1. The number of nitriles is 1. The Hall–Kier alpha value is -2.44. The molecule has 0 aliphatic heterocycles. The first-order valence-corrected chi connectivity index (χ1v) is 7.78. The molecule has 0 saturated carbocycles. The predicted octanol–water partition coefficient (Wildman–Crippen LogP) is 3.57. The van der Waals surface area contributed by atoms with Crippen LogP contribution in [0.5, 0.6) is 0 Å². The fourth-order valence-electron chi connectivity index (χ4n) is 2.56. The van der Waals surface area contributed by atoms with Gasteiger partial charge < -0.3 is 0 Å². The van der Waals surface area contributed by atoms with Gasteiger partial charge >= 0.3 is 0 Å². The van der Waals surface area contributed by atoms with Crippen molar-refractivity contribution in [2.24, 2.45) is 10.4 Å². The Morgan fingerprint density at radius 1 is 0.957 bits per heavy atom. The van der Waals surface area contributed by atoms with E-state index in [4.69, 9.17) is 0 Å². The average Bonchev–Trinajstić information content (AvgIpc) is 2.56. The van der Waals surface area contributed by atoms with Crippen molar-refractivity contribution in [3.63, 3.8) is 0 Å². The van der Waals surface area contributed by atoms with E-state index in [1.54, 1.807) is 0 Å². The smallest absolute Gasteiger partial charge is 0.1000 e. The van der Waals surface area contributed by atoms with Crippen LogP contribution in [0.2, 0.25) is 0 Å². The molecule has 2 rings (SSSR count). The lowest BCUT2D eigenvalue weighted by atomic mass is 9.79. The van der Waals surface area contributed by atoms with E-state index in [9.17, 15) is 5.26 Å². The SMILES string of the molecule is CN(C)C/N=C/C(C#N)(Cc1ccccc1)Cc1ccccc1. The molecule has 0 bridgehead atoms. The predicted molar refractivity (Wildman–Crippen MR) is 95.4 cm³/mol. The Bertz CT molecular complexity index is 613. The molecule has 0 heterocycles. The van der Waals surface area contributed by atoms with Crippen LogP contribution in [0.1, 0.15) is 11.1 Å². The highest BCUT2D eigenvalue weighted by atomic mass is 15.1. The summed E-state index contributed by atoms with van der Waals surface area (Å²) < 4.78 is 0. The second kappa shape index (κ2) is 8.26. The molecule has 0 aliphatic carbocycles. The van der Waals surface area contributed by atoms with E-state index in [-0.39, 0.29) is 0 Å². The molecular weight excluding hydrogens is 282 g/mol. The summed E-state index contributed by atoms with van der Waals surface area (Å²) in [6, 6.07) is 22.8. The minimum atomic E-state index is -0.626. The maximum atomic E-state index is 9.91. The van der Waals surface area contributed by atoms with Gasteiger partial charge in [0.2, 0.25) is 0 Å². The van der Waals surface area contributed by atoms with Crippen LogP contribution >= 0.6 is 0 Å². The molecule has 0 atom stereocenters. The topological polar surface area (TPSA) is 39.4 Å². The summed E-state index contributed by atoms with van der Waals surface area (Å²) in [5.74, 6) is 0. The Kier molecular flexibility index (Phi) is 6.08. The molecule has 3 nitrogen and oxygen atoms in total. The number of hydrogen-bond acceptors (Lipinski definition) is 3. The monoisotopic (exact) mass is 305 g/mol. The summed E-state index contributed by atoms with van der Waals surface area (Å²) >= 11 is 0. The molecule has 23 heavy (non-hydrogen) atoms. The molecule has 0 fully saturated rings. The van der Waals surface area contributed by atoms with Gasteiger partial charge in [0.05, 0.1) is 18.2 Å². The summed E-state index contributed by atoms with van der Waals surface area (Å²) in [5, 5.41) is 9.91. The lowest BCUT2D eigenvalue weighted by molar-refractivity contribution is 0.421. The van der Waals surface area contributed by atoms with Crippen molar-refractivity contribution in [2.45, 2.75) is 12.8 Å². The second-order valence-corrected chi connectivity index (χ2v) is 6.13. The maximum absolute atomic E-state index is 9.91. The molecule has 0 saturated heterocycles. The van der Waals surface area contributed by atoms with Gasteiger partial charge in [0, 0.05) is 6.21 Å². The normalized spacial score (nSPS) is 11.7. The van der Waals surface area contributed by atoms with Crippen LogP contribution in [-0.4, -0.2) is 31.9 Å². The van der Waals surface area contributed by atoms with E-state index in [1.807, 2.05) is 61.6 Å². The third-order valence-corrected chi connectivity index (χ3v) is 3.65. The molecule has 0 spiro atoms. The lowest BCUT2D eigenvalue weighted by Crippen LogP contribution is -2.27. The van der Waals surface area contributed by atoms with Crippen molar-refractivity contribution in [3.8, 4) is 6.07 Å². The van der Waals surface area contributed by atoms with E-state index in [2.05, 4.69) is 35.3 Å². The highest BCUT2D eigenvalue weighted by Gasteiger charge is 2.29. The molecule has 0 N–H and O–H groups in total. The quantitative estimate of drug-likeness (QED) is 0.734. The Balaban J connectivity index is 2.28. The summed E-state index contributed by atoms with van der Waals surface area (Å²) in [6.07, 6.45) is 3.17. The Morgan fingerprint density at radius 2 is 1.43 bits per heavy atom. The van der Waals surface area contributed by atoms with Crippen LogP contribution in [-0.2, 0) is 12.8 Å². The van der Waals surface area contributed by atoms with Gasteiger partial charge in [0.15, 0.2) is 0 Å². The van der Waals surface area contributed by atoms with Gasteiger partial charge in [0.25, 0.3) is 0 Å². The molecule has 2 aromatic rings. The van der Waals surface area contributed by atoms with Crippen molar-refractivity contribution in [2.75, 3.05) is 20.8 Å². The zero-order valence-corrected chi connectivity index (χ0v) is 13.8. The van der Waals surface area contributed by atoms with Crippen LogP contribution in [0.25, 0.3) is 0 Å². The van der Waals surface area contributed by atoms with Gasteiger partial charge in [-0.1, -0.05) is 60.7 Å². The van der Waals surface area contributed by atoms with Gasteiger partial charge in [0.1, 0.15) is 0 Å². The molecule has 118 valence electrons. The molecule has 0 aromatic heterocycles. The fourth-order valence-corrected chi connectivity index (χ4v) is 2.56. The number of benzene rings is 2. The van der Waals surface area contributed by atoms with Gasteiger partial charge in [-0.05, 0) is 38.1 Å². The van der Waals surface area contributed by atoms with Crippen molar-refractivity contribution >= 4 is 6.21 Å². The van der Waals surface area contributed by atoms with E-state index in [1.165, 1.54) is 0 Å². The molecule has 3 heteroatoms. The lowest BCUT2D eigenvalue weighted by Gasteiger charge is -2.23. The number of hydrogen-bond donors (Lipinski definition) is 0. The van der Waals surface area contributed by atoms with E-state index in [0.29, 0.717) is 19.5 Å². The molecular formula is C20H23N3. The Morgan fingerprint density at radius 3 is 1.83 bits per heavy atom. The number of nitrogens with zero attached hydrogens (tertiary/aromatic N) is 3. The number of rotatable bonds is 7. The van der Waals surface area contributed by atoms with Crippen LogP contribution in [0.3, 0.4) is 0 Å². The zero-order valence-electron chi connectivity index (χ0n) is 13.8. The van der Waals surface area contributed by atoms with Crippen molar-refractivity contribution in [3.05, 3.63) is 71.8 Å².